The number of pyridine rings is 1. The summed E-state index contributed by atoms with van der Waals surface area (Å²) in [6, 6.07) is 17.5. The van der Waals surface area contributed by atoms with Crippen LogP contribution in [0.2, 0.25) is 5.02 Å². The number of fused-ring (bicyclic) bond motifs is 1. The number of aliphatic hydroxyl groups excluding tert-OH is 1. The highest BCUT2D eigenvalue weighted by molar-refractivity contribution is 6.31. The van der Waals surface area contributed by atoms with Gasteiger partial charge in [0, 0.05) is 28.8 Å². The Bertz CT molecular complexity index is 811. The van der Waals surface area contributed by atoms with Crippen LogP contribution in [0.1, 0.15) is 12.0 Å². The van der Waals surface area contributed by atoms with Crippen molar-refractivity contribution in [2.24, 2.45) is 0 Å². The number of aromatic nitrogens is 1. The zero-order chi connectivity index (χ0) is 17.5. The van der Waals surface area contributed by atoms with Crippen molar-refractivity contribution >= 4 is 28.2 Å². The molecule has 0 amide bonds. The first-order chi connectivity index (χ1) is 12.2. The van der Waals surface area contributed by atoms with Crippen LogP contribution in [-0.4, -0.2) is 29.3 Å². The largest absolute Gasteiger partial charge is 0.391 e. The number of aliphatic hydroxyl groups is 1. The summed E-state index contributed by atoms with van der Waals surface area (Å²) in [5.41, 5.74) is 2.94. The van der Waals surface area contributed by atoms with E-state index in [1.165, 1.54) is 0 Å². The first-order valence-corrected chi connectivity index (χ1v) is 8.68. The molecule has 1 atom stereocenters. The van der Waals surface area contributed by atoms with Gasteiger partial charge < -0.3 is 15.2 Å². The number of hydrogen-bond donors (Lipinski definition) is 2. The van der Waals surface area contributed by atoms with Crippen molar-refractivity contribution in [3.8, 4) is 0 Å². The van der Waals surface area contributed by atoms with E-state index in [1.54, 1.807) is 6.20 Å². The molecule has 25 heavy (non-hydrogen) atoms. The van der Waals surface area contributed by atoms with Crippen LogP contribution in [0, 0.1) is 0 Å². The second-order valence-electron chi connectivity index (χ2n) is 5.89. The summed E-state index contributed by atoms with van der Waals surface area (Å²) in [4.78, 5) is 4.32. The van der Waals surface area contributed by atoms with Gasteiger partial charge in [0.1, 0.15) is 0 Å². The average molecular weight is 357 g/mol. The number of rotatable bonds is 8. The lowest BCUT2D eigenvalue weighted by Gasteiger charge is -2.13. The highest BCUT2D eigenvalue weighted by Crippen LogP contribution is 2.24. The summed E-state index contributed by atoms with van der Waals surface area (Å²) in [7, 11) is 0. The van der Waals surface area contributed by atoms with E-state index in [0.717, 1.165) is 22.2 Å². The van der Waals surface area contributed by atoms with Gasteiger partial charge in [-0.15, -0.1) is 0 Å². The smallest absolute Gasteiger partial charge is 0.0790 e. The quantitative estimate of drug-likeness (QED) is 0.633. The lowest BCUT2D eigenvalue weighted by Crippen LogP contribution is -2.19. The molecule has 0 saturated carbocycles. The highest BCUT2D eigenvalue weighted by Gasteiger charge is 2.06. The summed E-state index contributed by atoms with van der Waals surface area (Å²) in [6.07, 6.45) is 1.85. The van der Waals surface area contributed by atoms with Crippen LogP contribution >= 0.6 is 11.6 Å². The maximum atomic E-state index is 10.1. The highest BCUT2D eigenvalue weighted by atomic mass is 35.5. The number of benzene rings is 2. The second-order valence-corrected chi connectivity index (χ2v) is 6.33. The Balaban J connectivity index is 1.45. The van der Waals surface area contributed by atoms with Crippen molar-refractivity contribution in [3.05, 3.63) is 71.4 Å². The van der Waals surface area contributed by atoms with E-state index in [-0.39, 0.29) is 0 Å². The van der Waals surface area contributed by atoms with Crippen LogP contribution in [0.3, 0.4) is 0 Å². The van der Waals surface area contributed by atoms with Crippen molar-refractivity contribution in [1.29, 1.82) is 0 Å². The third kappa shape index (κ3) is 5.16. The van der Waals surface area contributed by atoms with E-state index < -0.39 is 6.10 Å². The molecule has 0 bridgehead atoms. The van der Waals surface area contributed by atoms with E-state index in [0.29, 0.717) is 31.2 Å². The molecule has 2 aromatic carbocycles. The summed E-state index contributed by atoms with van der Waals surface area (Å²) >= 11 is 6.00. The van der Waals surface area contributed by atoms with Gasteiger partial charge in [0.2, 0.25) is 0 Å². The average Bonchev–Trinajstić information content (AvgIpc) is 2.62. The molecular weight excluding hydrogens is 336 g/mol. The Kier molecular flexibility index (Phi) is 6.23. The SMILES string of the molecule is O[C@@H](CCNc1ccnc2cc(Cl)ccc12)COCc1ccccc1. The molecule has 0 aliphatic heterocycles. The predicted molar refractivity (Wildman–Crippen MR) is 102 cm³/mol. The van der Waals surface area contributed by atoms with Gasteiger partial charge in [-0.1, -0.05) is 41.9 Å². The van der Waals surface area contributed by atoms with Gasteiger partial charge in [0.15, 0.2) is 0 Å². The number of anilines is 1. The van der Waals surface area contributed by atoms with Crippen LogP contribution in [0.5, 0.6) is 0 Å². The molecule has 0 aliphatic carbocycles. The second kappa shape index (κ2) is 8.81. The maximum Gasteiger partial charge on any atom is 0.0790 e. The Hall–Kier alpha value is -2.14. The maximum absolute atomic E-state index is 10.1. The summed E-state index contributed by atoms with van der Waals surface area (Å²) in [5.74, 6) is 0. The summed E-state index contributed by atoms with van der Waals surface area (Å²) in [6.45, 7) is 1.49. The number of nitrogens with zero attached hydrogens (tertiary/aromatic N) is 1. The summed E-state index contributed by atoms with van der Waals surface area (Å²) < 4.78 is 5.57. The Morgan fingerprint density at radius 3 is 2.80 bits per heavy atom. The van der Waals surface area contributed by atoms with Crippen molar-refractivity contribution < 1.29 is 9.84 Å². The molecule has 0 aliphatic rings. The standard InChI is InChI=1S/C20H21ClN2O2/c21-16-6-7-18-19(9-11-23-20(18)12-16)22-10-8-17(24)14-25-13-15-4-2-1-3-5-15/h1-7,9,11-12,17,24H,8,10,13-14H2,(H,22,23)/t17-/m0/s1. The van der Waals surface area contributed by atoms with Gasteiger partial charge in [-0.05, 0) is 36.2 Å². The van der Waals surface area contributed by atoms with Gasteiger partial charge in [-0.3, -0.25) is 4.98 Å². The minimum Gasteiger partial charge on any atom is -0.391 e. The van der Waals surface area contributed by atoms with E-state index in [1.807, 2.05) is 54.6 Å². The van der Waals surface area contributed by atoms with E-state index in [4.69, 9.17) is 16.3 Å². The van der Waals surface area contributed by atoms with Crippen LogP contribution in [-0.2, 0) is 11.3 Å². The molecule has 2 N–H and O–H groups in total. The number of ether oxygens (including phenoxy) is 1. The van der Waals surface area contributed by atoms with Crippen LogP contribution in [0.15, 0.2) is 60.8 Å². The fourth-order valence-electron chi connectivity index (χ4n) is 2.62. The van der Waals surface area contributed by atoms with Gasteiger partial charge in [0.25, 0.3) is 0 Å². The van der Waals surface area contributed by atoms with Gasteiger partial charge >= 0.3 is 0 Å². The lowest BCUT2D eigenvalue weighted by atomic mass is 10.2. The normalized spacial score (nSPS) is 12.2. The van der Waals surface area contributed by atoms with Gasteiger partial charge in [0.05, 0.1) is 24.8 Å². The first-order valence-electron chi connectivity index (χ1n) is 8.30. The van der Waals surface area contributed by atoms with Crippen molar-refractivity contribution in [2.45, 2.75) is 19.1 Å². The zero-order valence-corrected chi connectivity index (χ0v) is 14.6. The third-order valence-electron chi connectivity index (χ3n) is 3.92. The van der Waals surface area contributed by atoms with E-state index in [9.17, 15) is 5.11 Å². The fraction of sp³-hybridized carbons (Fsp3) is 0.250. The monoisotopic (exact) mass is 356 g/mol. The molecule has 0 fully saturated rings. The Labute approximate surface area is 152 Å². The minimum absolute atomic E-state index is 0.323. The molecule has 1 heterocycles. The molecule has 3 rings (SSSR count). The Morgan fingerprint density at radius 1 is 1.12 bits per heavy atom. The van der Waals surface area contributed by atoms with Gasteiger partial charge in [-0.2, -0.15) is 0 Å². The van der Waals surface area contributed by atoms with Crippen molar-refractivity contribution in [1.82, 2.24) is 4.98 Å². The molecule has 0 radical (unpaired) electrons. The lowest BCUT2D eigenvalue weighted by molar-refractivity contribution is 0.0262. The van der Waals surface area contributed by atoms with Crippen molar-refractivity contribution in [2.75, 3.05) is 18.5 Å². The van der Waals surface area contributed by atoms with Crippen LogP contribution in [0.25, 0.3) is 10.9 Å². The van der Waals surface area contributed by atoms with Gasteiger partial charge in [-0.25, -0.2) is 0 Å². The molecule has 0 unspecified atom stereocenters. The molecule has 3 aromatic rings. The number of hydrogen-bond acceptors (Lipinski definition) is 4. The molecule has 4 nitrogen and oxygen atoms in total. The first kappa shape index (κ1) is 17.7. The van der Waals surface area contributed by atoms with E-state index in [2.05, 4.69) is 10.3 Å². The molecular formula is C20H21ClN2O2. The fourth-order valence-corrected chi connectivity index (χ4v) is 2.79. The molecule has 130 valence electrons. The molecule has 0 saturated heterocycles. The minimum atomic E-state index is -0.501. The topological polar surface area (TPSA) is 54.4 Å². The van der Waals surface area contributed by atoms with Crippen LogP contribution in [0.4, 0.5) is 5.69 Å². The number of halogens is 1. The Morgan fingerprint density at radius 2 is 1.96 bits per heavy atom. The summed E-state index contributed by atoms with van der Waals surface area (Å²) in [5, 5.41) is 15.1. The van der Waals surface area contributed by atoms with Crippen molar-refractivity contribution in [3.63, 3.8) is 0 Å². The van der Waals surface area contributed by atoms with Crippen LogP contribution < -0.4 is 5.32 Å². The zero-order valence-electron chi connectivity index (χ0n) is 13.9. The molecule has 5 heteroatoms. The third-order valence-corrected chi connectivity index (χ3v) is 4.15. The van der Waals surface area contributed by atoms with E-state index >= 15 is 0 Å². The molecule has 1 aromatic heterocycles. The predicted octanol–water partition coefficient (Wildman–Crippen LogP) is 4.27. The molecule has 0 spiro atoms. The number of nitrogens with one attached hydrogen (secondary N) is 1.